The Morgan fingerprint density at radius 3 is 2.24 bits per heavy atom. The van der Waals surface area contributed by atoms with E-state index in [0.717, 1.165) is 22.4 Å². The fraction of sp³-hybridized carbons (Fsp3) is 0.368. The van der Waals surface area contributed by atoms with Crippen LogP contribution in [0.15, 0.2) is 12.1 Å². The van der Waals surface area contributed by atoms with Gasteiger partial charge >= 0.3 is 6.18 Å². The van der Waals surface area contributed by atoms with Crippen LogP contribution < -0.4 is 10.6 Å². The highest BCUT2D eigenvalue weighted by Crippen LogP contribution is 2.29. The highest BCUT2D eigenvalue weighted by atomic mass is 19.4. The summed E-state index contributed by atoms with van der Waals surface area (Å²) >= 11 is 0. The number of amides is 1. The van der Waals surface area contributed by atoms with Crippen LogP contribution >= 0.6 is 0 Å². The Hall–Kier alpha value is -3.17. The summed E-state index contributed by atoms with van der Waals surface area (Å²) in [6, 6.07) is 3.92. The molecular weight excluding hydrogens is 385 g/mol. The Balaban J connectivity index is 1.83. The van der Waals surface area contributed by atoms with Crippen molar-refractivity contribution in [1.82, 2.24) is 19.8 Å². The van der Waals surface area contributed by atoms with Crippen molar-refractivity contribution in [3.8, 4) is 0 Å². The number of nitrogens with zero attached hydrogens (tertiary/aromatic N) is 4. The first-order valence-electron chi connectivity index (χ1n) is 8.90. The van der Waals surface area contributed by atoms with Crippen LogP contribution in [0.1, 0.15) is 33.6 Å². The zero-order valence-electron chi connectivity index (χ0n) is 16.7. The molecule has 0 unspecified atom stereocenters. The van der Waals surface area contributed by atoms with Crippen molar-refractivity contribution in [1.29, 1.82) is 0 Å². The van der Waals surface area contributed by atoms with E-state index < -0.39 is 12.0 Å². The molecule has 10 heteroatoms. The molecule has 0 aliphatic rings. The van der Waals surface area contributed by atoms with Crippen molar-refractivity contribution in [2.75, 3.05) is 17.2 Å². The van der Waals surface area contributed by atoms with E-state index in [1.807, 2.05) is 32.9 Å². The second-order valence-electron chi connectivity index (χ2n) is 7.03. The van der Waals surface area contributed by atoms with E-state index in [0.29, 0.717) is 15.6 Å². The molecule has 0 radical (unpaired) electrons. The number of hydrogen-bond donors (Lipinski definition) is 2. The van der Waals surface area contributed by atoms with Gasteiger partial charge in [-0.25, -0.2) is 0 Å². The third-order valence-electron chi connectivity index (χ3n) is 4.71. The van der Waals surface area contributed by atoms with Crippen molar-refractivity contribution >= 4 is 23.1 Å². The van der Waals surface area contributed by atoms with Crippen LogP contribution in [-0.2, 0) is 11.0 Å². The molecule has 0 fully saturated rings. The van der Waals surface area contributed by atoms with E-state index in [2.05, 4.69) is 25.9 Å². The van der Waals surface area contributed by atoms with Gasteiger partial charge < -0.3 is 10.6 Å². The second kappa shape index (κ2) is 7.34. The molecule has 0 saturated carbocycles. The van der Waals surface area contributed by atoms with Crippen molar-refractivity contribution in [3.63, 3.8) is 0 Å². The molecular formula is C19H21F3N6O. The van der Waals surface area contributed by atoms with Gasteiger partial charge in [-0.2, -0.15) is 17.7 Å². The average Bonchev–Trinajstić information content (AvgIpc) is 3.04. The number of nitrogens with one attached hydrogen (secondary N) is 2. The molecule has 154 valence electrons. The van der Waals surface area contributed by atoms with E-state index in [1.165, 1.54) is 0 Å². The summed E-state index contributed by atoms with van der Waals surface area (Å²) in [6.07, 6.45) is -4.69. The van der Waals surface area contributed by atoms with Gasteiger partial charge in [0, 0.05) is 11.3 Å². The molecule has 2 aromatic heterocycles. The maximum absolute atomic E-state index is 13.1. The summed E-state index contributed by atoms with van der Waals surface area (Å²) in [5, 5.41) is 16.4. The molecule has 2 N–H and O–H groups in total. The standard InChI is InChI=1S/C19H21F3N6O/c1-9-6-10(2)15(11(3)7-9)24-14(29)8-23-16-12(4)13(5)17-25-26-18(19(20,21)22)28(17)27-16/h6-7H,8H2,1-5H3,(H,23,27)(H,24,29). The Labute approximate surface area is 165 Å². The summed E-state index contributed by atoms with van der Waals surface area (Å²) in [5.74, 6) is -1.39. The SMILES string of the molecule is Cc1cc(C)c(NC(=O)CNc2nn3c(C(F)(F)F)nnc3c(C)c2C)c(C)c1. The average molecular weight is 406 g/mol. The summed E-state index contributed by atoms with van der Waals surface area (Å²) in [4.78, 5) is 12.4. The van der Waals surface area contributed by atoms with Gasteiger partial charge in [-0.3, -0.25) is 4.79 Å². The smallest absolute Gasteiger partial charge is 0.359 e. The molecule has 0 spiro atoms. The monoisotopic (exact) mass is 406 g/mol. The molecule has 3 rings (SSSR count). The van der Waals surface area contributed by atoms with Gasteiger partial charge in [-0.05, 0) is 51.3 Å². The van der Waals surface area contributed by atoms with Crippen LogP contribution in [0.5, 0.6) is 0 Å². The molecule has 0 saturated heterocycles. The first-order valence-corrected chi connectivity index (χ1v) is 8.90. The number of anilines is 2. The fourth-order valence-corrected chi connectivity index (χ4v) is 3.20. The number of aromatic nitrogens is 4. The van der Waals surface area contributed by atoms with Gasteiger partial charge in [0.25, 0.3) is 5.82 Å². The highest BCUT2D eigenvalue weighted by molar-refractivity contribution is 5.95. The molecule has 1 aromatic carbocycles. The third kappa shape index (κ3) is 4.01. The maximum atomic E-state index is 13.1. The molecule has 29 heavy (non-hydrogen) atoms. The number of alkyl halides is 3. The largest absolute Gasteiger partial charge is 0.453 e. The van der Waals surface area contributed by atoms with Crippen LogP contribution in [-0.4, -0.2) is 32.3 Å². The molecule has 2 heterocycles. The second-order valence-corrected chi connectivity index (χ2v) is 7.03. The van der Waals surface area contributed by atoms with Crippen LogP contribution in [0.25, 0.3) is 5.65 Å². The number of carbonyl (C=O) groups is 1. The summed E-state index contributed by atoms with van der Waals surface area (Å²) in [5.41, 5.74) is 4.79. The predicted molar refractivity (Wildman–Crippen MR) is 103 cm³/mol. The molecule has 0 bridgehead atoms. The lowest BCUT2D eigenvalue weighted by atomic mass is 10.1. The number of fused-ring (bicyclic) bond motifs is 1. The zero-order valence-corrected chi connectivity index (χ0v) is 16.7. The van der Waals surface area contributed by atoms with Gasteiger partial charge in [0.1, 0.15) is 0 Å². The lowest BCUT2D eigenvalue weighted by Crippen LogP contribution is -2.24. The molecule has 7 nitrogen and oxygen atoms in total. The topological polar surface area (TPSA) is 84.2 Å². The summed E-state index contributed by atoms with van der Waals surface area (Å²) < 4.78 is 40.0. The molecule has 0 aliphatic heterocycles. The number of rotatable bonds is 4. The van der Waals surface area contributed by atoms with Gasteiger partial charge in [-0.15, -0.1) is 15.3 Å². The Kier molecular flexibility index (Phi) is 5.20. The van der Waals surface area contributed by atoms with Crippen LogP contribution in [0.3, 0.4) is 0 Å². The number of aryl methyl sites for hydroxylation is 4. The van der Waals surface area contributed by atoms with E-state index >= 15 is 0 Å². The summed E-state index contributed by atoms with van der Waals surface area (Å²) in [6.45, 7) is 8.94. The van der Waals surface area contributed by atoms with Crippen molar-refractivity contribution in [3.05, 3.63) is 45.8 Å². The van der Waals surface area contributed by atoms with E-state index in [1.54, 1.807) is 13.8 Å². The first kappa shape index (κ1) is 20.6. The molecule has 0 aliphatic carbocycles. The number of halogens is 3. The third-order valence-corrected chi connectivity index (χ3v) is 4.71. The Morgan fingerprint density at radius 2 is 1.66 bits per heavy atom. The predicted octanol–water partition coefficient (Wildman–Crippen LogP) is 3.74. The van der Waals surface area contributed by atoms with E-state index in [9.17, 15) is 18.0 Å². The highest BCUT2D eigenvalue weighted by Gasteiger charge is 2.38. The number of carbonyl (C=O) groups excluding carboxylic acids is 1. The lowest BCUT2D eigenvalue weighted by molar-refractivity contribution is -0.146. The van der Waals surface area contributed by atoms with E-state index in [4.69, 9.17) is 0 Å². The van der Waals surface area contributed by atoms with Crippen LogP contribution in [0.4, 0.5) is 24.7 Å². The van der Waals surface area contributed by atoms with Gasteiger partial charge in [0.05, 0.1) is 6.54 Å². The van der Waals surface area contributed by atoms with Crippen molar-refractivity contribution in [2.45, 2.75) is 40.8 Å². The quantitative estimate of drug-likeness (QED) is 0.690. The minimum atomic E-state index is -4.69. The fourth-order valence-electron chi connectivity index (χ4n) is 3.20. The minimum absolute atomic E-state index is 0.0238. The zero-order chi connectivity index (χ0) is 21.5. The van der Waals surface area contributed by atoms with Gasteiger partial charge in [-0.1, -0.05) is 17.7 Å². The maximum Gasteiger partial charge on any atom is 0.453 e. The first-order chi connectivity index (χ1) is 13.5. The van der Waals surface area contributed by atoms with Crippen molar-refractivity contribution in [2.24, 2.45) is 0 Å². The number of benzene rings is 1. The minimum Gasteiger partial charge on any atom is -0.359 e. The molecule has 1 amide bonds. The normalized spacial score (nSPS) is 11.7. The van der Waals surface area contributed by atoms with Crippen LogP contribution in [0.2, 0.25) is 0 Å². The van der Waals surface area contributed by atoms with Gasteiger partial charge in [0.2, 0.25) is 5.91 Å². The Bertz CT molecular complexity index is 1080. The van der Waals surface area contributed by atoms with Crippen LogP contribution in [0, 0.1) is 34.6 Å². The number of hydrogen-bond acceptors (Lipinski definition) is 5. The van der Waals surface area contributed by atoms with E-state index in [-0.39, 0.29) is 23.9 Å². The summed E-state index contributed by atoms with van der Waals surface area (Å²) in [7, 11) is 0. The van der Waals surface area contributed by atoms with Crippen molar-refractivity contribution < 1.29 is 18.0 Å². The Morgan fingerprint density at radius 1 is 1.03 bits per heavy atom. The lowest BCUT2D eigenvalue weighted by Gasteiger charge is -2.15. The molecule has 0 atom stereocenters. The van der Waals surface area contributed by atoms with Gasteiger partial charge in [0.15, 0.2) is 11.5 Å². The molecule has 3 aromatic rings.